The molecule has 5 N–H and O–H groups in total. The first-order valence-electron chi connectivity index (χ1n) is 2.85. The van der Waals surface area contributed by atoms with Crippen LogP contribution in [0.3, 0.4) is 0 Å². The second-order valence-electron chi connectivity index (χ2n) is 2.00. The van der Waals surface area contributed by atoms with Crippen LogP contribution >= 0.6 is 0 Å². The molecule has 0 aliphatic heterocycles. The maximum atomic E-state index is 10.5. The van der Waals surface area contributed by atoms with Crippen molar-refractivity contribution in [1.82, 2.24) is 4.98 Å². The maximum absolute atomic E-state index is 10.5. The van der Waals surface area contributed by atoms with Crippen LogP contribution < -0.4 is 11.5 Å². The quantitative estimate of drug-likeness (QED) is 0.524. The van der Waals surface area contributed by atoms with Crippen molar-refractivity contribution >= 4 is 17.3 Å². The highest BCUT2D eigenvalue weighted by Crippen LogP contribution is 2.16. The summed E-state index contributed by atoms with van der Waals surface area (Å²) in [5.41, 5.74) is 10.7. The molecule has 1 rings (SSSR count). The monoisotopic (exact) mass is 153 g/mol. The zero-order valence-corrected chi connectivity index (χ0v) is 5.61. The van der Waals surface area contributed by atoms with Gasteiger partial charge in [-0.1, -0.05) is 0 Å². The number of aromatic nitrogens is 1. The fourth-order valence-electron chi connectivity index (χ4n) is 0.741. The molecule has 58 valence electrons. The summed E-state index contributed by atoms with van der Waals surface area (Å²) in [6.07, 6.45) is 2.50. The summed E-state index contributed by atoms with van der Waals surface area (Å²) in [5.74, 6) is -1.14. The number of hydrogen-bond acceptors (Lipinski definition) is 4. The van der Waals surface area contributed by atoms with Gasteiger partial charge in [-0.15, -0.1) is 0 Å². The third-order valence-corrected chi connectivity index (χ3v) is 1.22. The summed E-state index contributed by atoms with van der Waals surface area (Å²) >= 11 is 0. The number of anilines is 2. The molecule has 0 saturated carbocycles. The predicted molar refractivity (Wildman–Crippen MR) is 40.0 cm³/mol. The van der Waals surface area contributed by atoms with Crippen LogP contribution in [-0.4, -0.2) is 16.1 Å². The van der Waals surface area contributed by atoms with Crippen molar-refractivity contribution in [2.75, 3.05) is 11.5 Å². The molecule has 0 aliphatic rings. The largest absolute Gasteiger partial charge is 0.478 e. The summed E-state index contributed by atoms with van der Waals surface area (Å²) in [5, 5.41) is 8.56. The molecule has 0 spiro atoms. The number of aromatic carboxylic acids is 1. The molecule has 0 amide bonds. The van der Waals surface area contributed by atoms with Crippen LogP contribution in [0, 0.1) is 0 Å². The summed E-state index contributed by atoms with van der Waals surface area (Å²) in [4.78, 5) is 14.1. The SMILES string of the molecule is Nc1cncc(N)c1C(=O)O. The third kappa shape index (κ3) is 1.21. The molecule has 0 unspecified atom stereocenters. The van der Waals surface area contributed by atoms with Gasteiger partial charge in [0.1, 0.15) is 5.56 Å². The average molecular weight is 153 g/mol. The minimum atomic E-state index is -1.14. The molecule has 1 heterocycles. The first kappa shape index (κ1) is 7.33. The van der Waals surface area contributed by atoms with Crippen LogP contribution in [0.1, 0.15) is 10.4 Å². The van der Waals surface area contributed by atoms with Crippen LogP contribution in [0.2, 0.25) is 0 Å². The highest BCUT2D eigenvalue weighted by Gasteiger charge is 2.10. The number of carboxylic acid groups (broad SMARTS) is 1. The highest BCUT2D eigenvalue weighted by molar-refractivity contribution is 5.98. The maximum Gasteiger partial charge on any atom is 0.340 e. The molecule has 0 atom stereocenters. The lowest BCUT2D eigenvalue weighted by molar-refractivity contribution is 0.0699. The summed E-state index contributed by atoms with van der Waals surface area (Å²) in [6.45, 7) is 0. The van der Waals surface area contributed by atoms with E-state index in [0.29, 0.717) is 0 Å². The molecule has 0 saturated heterocycles. The van der Waals surface area contributed by atoms with E-state index in [1.165, 1.54) is 12.4 Å². The number of nitrogens with two attached hydrogens (primary N) is 2. The molecule has 0 fully saturated rings. The van der Waals surface area contributed by atoms with Crippen LogP contribution in [0.15, 0.2) is 12.4 Å². The smallest absolute Gasteiger partial charge is 0.340 e. The first-order valence-corrected chi connectivity index (χ1v) is 2.85. The lowest BCUT2D eigenvalue weighted by Crippen LogP contribution is -2.07. The van der Waals surface area contributed by atoms with E-state index in [-0.39, 0.29) is 16.9 Å². The number of carboxylic acids is 1. The fraction of sp³-hybridized carbons (Fsp3) is 0. The van der Waals surface area contributed by atoms with E-state index in [9.17, 15) is 4.79 Å². The van der Waals surface area contributed by atoms with Crippen molar-refractivity contribution in [3.63, 3.8) is 0 Å². The van der Waals surface area contributed by atoms with E-state index >= 15 is 0 Å². The Kier molecular flexibility index (Phi) is 1.63. The molecule has 0 radical (unpaired) electrons. The van der Waals surface area contributed by atoms with Gasteiger partial charge in [-0.05, 0) is 0 Å². The lowest BCUT2D eigenvalue weighted by atomic mass is 10.2. The van der Waals surface area contributed by atoms with Crippen molar-refractivity contribution in [2.45, 2.75) is 0 Å². The van der Waals surface area contributed by atoms with E-state index in [2.05, 4.69) is 4.98 Å². The summed E-state index contributed by atoms with van der Waals surface area (Å²) in [6, 6.07) is 0. The number of rotatable bonds is 1. The van der Waals surface area contributed by atoms with Gasteiger partial charge >= 0.3 is 5.97 Å². The first-order chi connectivity index (χ1) is 5.13. The fourth-order valence-corrected chi connectivity index (χ4v) is 0.741. The van der Waals surface area contributed by atoms with Crippen molar-refractivity contribution in [1.29, 1.82) is 0 Å². The second kappa shape index (κ2) is 2.45. The van der Waals surface area contributed by atoms with Crippen LogP contribution in [0.5, 0.6) is 0 Å². The summed E-state index contributed by atoms with van der Waals surface area (Å²) < 4.78 is 0. The van der Waals surface area contributed by atoms with E-state index in [1.807, 2.05) is 0 Å². The van der Waals surface area contributed by atoms with Crippen LogP contribution in [0.25, 0.3) is 0 Å². The molecule has 5 nitrogen and oxygen atoms in total. The van der Waals surface area contributed by atoms with E-state index in [4.69, 9.17) is 16.6 Å². The Morgan fingerprint density at radius 1 is 1.36 bits per heavy atom. The highest BCUT2D eigenvalue weighted by atomic mass is 16.4. The molecular weight excluding hydrogens is 146 g/mol. The summed E-state index contributed by atoms with van der Waals surface area (Å²) in [7, 11) is 0. The number of pyridine rings is 1. The standard InChI is InChI=1S/C6H7N3O2/c7-3-1-9-2-4(8)5(3)6(10)11/h1-2H,7-8H2,(H,10,11). The third-order valence-electron chi connectivity index (χ3n) is 1.22. The lowest BCUT2D eigenvalue weighted by Gasteiger charge is -2.01. The molecule has 1 aromatic rings. The molecule has 0 aromatic carbocycles. The molecular formula is C6H7N3O2. The van der Waals surface area contributed by atoms with Gasteiger partial charge in [0.2, 0.25) is 0 Å². The normalized spacial score (nSPS) is 9.45. The van der Waals surface area contributed by atoms with Crippen molar-refractivity contribution < 1.29 is 9.90 Å². The minimum absolute atomic E-state index is 0.0810. The number of carbonyl (C=O) groups is 1. The Balaban J connectivity index is 3.32. The Morgan fingerprint density at radius 2 is 1.82 bits per heavy atom. The van der Waals surface area contributed by atoms with Gasteiger partial charge in [0.15, 0.2) is 0 Å². The van der Waals surface area contributed by atoms with Crippen molar-refractivity contribution in [3.8, 4) is 0 Å². The van der Waals surface area contributed by atoms with E-state index in [1.54, 1.807) is 0 Å². The Hall–Kier alpha value is -1.78. The Morgan fingerprint density at radius 3 is 2.09 bits per heavy atom. The van der Waals surface area contributed by atoms with Gasteiger partial charge in [0.25, 0.3) is 0 Å². The van der Waals surface area contributed by atoms with Gasteiger partial charge in [-0.3, -0.25) is 4.98 Å². The number of nitrogen functional groups attached to an aromatic ring is 2. The zero-order chi connectivity index (χ0) is 8.43. The molecule has 0 aliphatic carbocycles. The number of nitrogens with zero attached hydrogens (tertiary/aromatic N) is 1. The molecule has 0 bridgehead atoms. The zero-order valence-electron chi connectivity index (χ0n) is 5.61. The van der Waals surface area contributed by atoms with Crippen LogP contribution in [-0.2, 0) is 0 Å². The topological polar surface area (TPSA) is 102 Å². The number of hydrogen-bond donors (Lipinski definition) is 3. The Bertz CT molecular complexity index is 278. The molecule has 1 aromatic heterocycles. The average Bonchev–Trinajstić information content (AvgIpc) is 1.85. The molecule has 11 heavy (non-hydrogen) atoms. The van der Waals surface area contributed by atoms with Crippen molar-refractivity contribution in [3.05, 3.63) is 18.0 Å². The van der Waals surface area contributed by atoms with Gasteiger partial charge in [-0.25, -0.2) is 4.79 Å². The minimum Gasteiger partial charge on any atom is -0.478 e. The Labute approximate surface area is 62.7 Å². The second-order valence-corrected chi connectivity index (χ2v) is 2.00. The van der Waals surface area contributed by atoms with Crippen molar-refractivity contribution in [2.24, 2.45) is 0 Å². The van der Waals surface area contributed by atoms with Gasteiger partial charge in [-0.2, -0.15) is 0 Å². The molecule has 5 heteroatoms. The predicted octanol–water partition coefficient (Wildman–Crippen LogP) is -0.0558. The van der Waals surface area contributed by atoms with E-state index in [0.717, 1.165) is 0 Å². The van der Waals surface area contributed by atoms with Gasteiger partial charge in [0, 0.05) is 0 Å². The van der Waals surface area contributed by atoms with Gasteiger partial charge in [0.05, 0.1) is 23.8 Å². The van der Waals surface area contributed by atoms with Crippen LogP contribution in [0.4, 0.5) is 11.4 Å². The van der Waals surface area contributed by atoms with E-state index < -0.39 is 5.97 Å². The van der Waals surface area contributed by atoms with Gasteiger partial charge < -0.3 is 16.6 Å².